The Kier molecular flexibility index (Phi) is 8.32. The van der Waals surface area contributed by atoms with Gasteiger partial charge in [0.2, 0.25) is 0 Å². The van der Waals surface area contributed by atoms with Crippen molar-refractivity contribution in [2.45, 2.75) is 86.5 Å². The molecule has 0 spiro atoms. The number of nitrogens with zero attached hydrogens (tertiary/aromatic N) is 1. The monoisotopic (exact) mass is 513 g/mol. The highest BCUT2D eigenvalue weighted by Gasteiger charge is 2.50. The third-order valence-corrected chi connectivity index (χ3v) is 6.24. The molecular formula is C18H27NO14S. The predicted molar refractivity (Wildman–Crippen MR) is 105 cm³/mol. The molecule has 2 aliphatic heterocycles. The summed E-state index contributed by atoms with van der Waals surface area (Å²) in [5.74, 6) is 0. The molecule has 7 N–H and O–H groups in total. The fourth-order valence-electron chi connectivity index (χ4n) is 3.82. The van der Waals surface area contributed by atoms with Gasteiger partial charge in [-0.2, -0.15) is 13.7 Å². The Bertz CT molecular complexity index is 894. The van der Waals surface area contributed by atoms with Crippen molar-refractivity contribution in [1.82, 2.24) is 0 Å². The van der Waals surface area contributed by atoms with Gasteiger partial charge in [-0.05, 0) is 13.0 Å². The van der Waals surface area contributed by atoms with Crippen LogP contribution in [0.15, 0.2) is 12.2 Å². The number of aliphatic hydroxyl groups excluding tert-OH is 6. The van der Waals surface area contributed by atoms with Crippen molar-refractivity contribution in [2.24, 2.45) is 0 Å². The summed E-state index contributed by atoms with van der Waals surface area (Å²) >= 11 is 0. The van der Waals surface area contributed by atoms with E-state index >= 15 is 0 Å². The molecule has 0 radical (unpaired) electrons. The van der Waals surface area contributed by atoms with E-state index in [-0.39, 0.29) is 0 Å². The van der Waals surface area contributed by atoms with E-state index in [2.05, 4.69) is 4.18 Å². The van der Waals surface area contributed by atoms with Crippen LogP contribution in [0.5, 0.6) is 0 Å². The van der Waals surface area contributed by atoms with E-state index in [1.165, 1.54) is 6.92 Å². The third-order valence-electron chi connectivity index (χ3n) is 5.75. The molecule has 1 aliphatic carbocycles. The van der Waals surface area contributed by atoms with Crippen LogP contribution in [0, 0.1) is 11.3 Å². The van der Waals surface area contributed by atoms with Gasteiger partial charge >= 0.3 is 10.4 Å². The topological polar surface area (TPSA) is 246 Å². The van der Waals surface area contributed by atoms with Gasteiger partial charge in [0.25, 0.3) is 0 Å². The summed E-state index contributed by atoms with van der Waals surface area (Å²) in [6, 6.07) is 1.77. The van der Waals surface area contributed by atoms with Crippen molar-refractivity contribution >= 4 is 10.4 Å². The summed E-state index contributed by atoms with van der Waals surface area (Å²) in [6.45, 7) is 0.896. The molecular weight excluding hydrogens is 486 g/mol. The molecule has 0 amide bonds. The minimum atomic E-state index is -4.82. The van der Waals surface area contributed by atoms with E-state index < -0.39 is 96.5 Å². The maximum Gasteiger partial charge on any atom is 0.397 e. The zero-order chi connectivity index (χ0) is 25.4. The van der Waals surface area contributed by atoms with E-state index in [1.54, 1.807) is 6.07 Å². The number of ether oxygens (including phenoxy) is 4. The number of hydrogen-bond acceptors (Lipinski definition) is 14. The molecule has 0 saturated carbocycles. The molecule has 3 aliphatic rings. The second-order valence-corrected chi connectivity index (χ2v) is 9.32. The molecule has 0 aromatic carbocycles. The van der Waals surface area contributed by atoms with Crippen LogP contribution in [0.25, 0.3) is 0 Å². The lowest BCUT2D eigenvalue weighted by atomic mass is 9.98. The van der Waals surface area contributed by atoms with Crippen LogP contribution in [-0.2, 0) is 33.5 Å². The Morgan fingerprint density at radius 2 is 1.62 bits per heavy atom. The molecule has 3 rings (SSSR count). The molecule has 194 valence electrons. The van der Waals surface area contributed by atoms with Crippen molar-refractivity contribution in [1.29, 1.82) is 5.26 Å². The standard InChI is InChI=1S/C18H27NO14S/c1-7-10(20)12(22)14(24)16(30-7)29-5-9-11(21)13(23)15(25)17(31-9)32-18(6-19)3-2-8(4-18)33-34(26,27)28/h2-3,7-17,20-25H,4-5H2,1H3,(H,26,27,28)/t7-,8?,9-,10-,11-,12+,13+,14+,15-,16-,17+,18?/m1/s1. The van der Waals surface area contributed by atoms with Crippen molar-refractivity contribution < 1.29 is 66.7 Å². The zero-order valence-electron chi connectivity index (χ0n) is 17.8. The Balaban J connectivity index is 1.66. The van der Waals surface area contributed by atoms with Gasteiger partial charge in [-0.15, -0.1) is 0 Å². The van der Waals surface area contributed by atoms with Crippen LogP contribution < -0.4 is 0 Å². The number of nitriles is 1. The van der Waals surface area contributed by atoms with Gasteiger partial charge in [0.1, 0.15) is 54.9 Å². The first kappa shape index (κ1) is 27.3. The van der Waals surface area contributed by atoms with Crippen molar-refractivity contribution in [2.75, 3.05) is 6.61 Å². The number of hydrogen-bond donors (Lipinski definition) is 7. The first-order valence-corrected chi connectivity index (χ1v) is 11.6. The summed E-state index contributed by atoms with van der Waals surface area (Å²) in [6.07, 6.45) is -14.7. The van der Waals surface area contributed by atoms with Crippen LogP contribution in [-0.4, -0.2) is 123 Å². The molecule has 2 saturated heterocycles. The summed E-state index contributed by atoms with van der Waals surface area (Å²) in [5, 5.41) is 70.0. The molecule has 16 heteroatoms. The molecule has 0 aromatic heterocycles. The van der Waals surface area contributed by atoms with Crippen molar-refractivity contribution in [3.8, 4) is 6.07 Å². The molecule has 0 aromatic rings. The summed E-state index contributed by atoms with van der Waals surface area (Å²) in [7, 11) is -4.82. The molecule has 2 heterocycles. The minimum absolute atomic E-state index is 0.407. The number of aliphatic hydroxyl groups is 6. The Hall–Kier alpha value is -1.30. The van der Waals surface area contributed by atoms with Crippen LogP contribution in [0.4, 0.5) is 0 Å². The van der Waals surface area contributed by atoms with E-state index in [4.69, 9.17) is 23.5 Å². The van der Waals surface area contributed by atoms with E-state index in [0.29, 0.717) is 0 Å². The van der Waals surface area contributed by atoms with E-state index in [0.717, 1.165) is 12.2 Å². The predicted octanol–water partition coefficient (Wildman–Crippen LogP) is -3.94. The van der Waals surface area contributed by atoms with E-state index in [1.807, 2.05) is 0 Å². The quantitative estimate of drug-likeness (QED) is 0.127. The smallest absolute Gasteiger partial charge is 0.388 e. The lowest BCUT2D eigenvalue weighted by Gasteiger charge is -2.43. The van der Waals surface area contributed by atoms with Crippen LogP contribution in [0.1, 0.15) is 13.3 Å². The van der Waals surface area contributed by atoms with Gasteiger partial charge in [-0.1, -0.05) is 6.08 Å². The Morgan fingerprint density at radius 3 is 2.24 bits per heavy atom. The maximum absolute atomic E-state index is 10.9. The molecule has 2 fully saturated rings. The van der Waals surface area contributed by atoms with Gasteiger partial charge in [0.05, 0.1) is 12.7 Å². The van der Waals surface area contributed by atoms with Crippen LogP contribution in [0.2, 0.25) is 0 Å². The van der Waals surface area contributed by atoms with Gasteiger partial charge < -0.3 is 49.6 Å². The van der Waals surface area contributed by atoms with Gasteiger partial charge in [0, 0.05) is 6.42 Å². The molecule has 0 bridgehead atoms. The molecule has 15 nitrogen and oxygen atoms in total. The largest absolute Gasteiger partial charge is 0.397 e. The van der Waals surface area contributed by atoms with Gasteiger partial charge in [0.15, 0.2) is 18.2 Å². The fraction of sp³-hybridized carbons (Fsp3) is 0.833. The van der Waals surface area contributed by atoms with Crippen LogP contribution >= 0.6 is 0 Å². The second-order valence-electron chi connectivity index (χ2n) is 8.27. The minimum Gasteiger partial charge on any atom is -0.388 e. The average molecular weight is 513 g/mol. The Morgan fingerprint density at radius 1 is 1.00 bits per heavy atom. The highest BCUT2D eigenvalue weighted by Crippen LogP contribution is 2.34. The lowest BCUT2D eigenvalue weighted by molar-refractivity contribution is -0.335. The zero-order valence-corrected chi connectivity index (χ0v) is 18.6. The lowest BCUT2D eigenvalue weighted by Crippen LogP contribution is -2.62. The first-order valence-electron chi connectivity index (χ1n) is 10.2. The fourth-order valence-corrected chi connectivity index (χ4v) is 4.26. The second kappa shape index (κ2) is 10.4. The van der Waals surface area contributed by atoms with Crippen molar-refractivity contribution in [3.63, 3.8) is 0 Å². The van der Waals surface area contributed by atoms with E-state index in [9.17, 15) is 44.3 Å². The summed E-state index contributed by atoms with van der Waals surface area (Å²) in [5.41, 5.74) is -1.87. The third kappa shape index (κ3) is 5.91. The summed E-state index contributed by atoms with van der Waals surface area (Å²) < 4.78 is 56.6. The normalized spacial score (nSPS) is 47.4. The molecule has 34 heavy (non-hydrogen) atoms. The highest BCUT2D eigenvalue weighted by molar-refractivity contribution is 7.80. The number of rotatable bonds is 7. The average Bonchev–Trinajstić information content (AvgIpc) is 3.16. The SMILES string of the molecule is C[C@H]1O[C@@H](OC[C@H]2O[C@@H](OC3(C#N)C=CC(OS(=O)(=O)O)C3)[C@H](O)[C@@H](O)[C@@H]2O)[C@@H](O)[C@@H](O)[C@@H]1O. The van der Waals surface area contributed by atoms with Crippen LogP contribution in [0.3, 0.4) is 0 Å². The van der Waals surface area contributed by atoms with Gasteiger partial charge in [-0.3, -0.25) is 4.55 Å². The molecule has 2 unspecified atom stereocenters. The Labute approximate surface area is 194 Å². The van der Waals surface area contributed by atoms with Gasteiger partial charge in [-0.25, -0.2) is 4.18 Å². The van der Waals surface area contributed by atoms with Crippen molar-refractivity contribution in [3.05, 3.63) is 12.2 Å². The maximum atomic E-state index is 10.9. The highest BCUT2D eigenvalue weighted by atomic mass is 32.3. The molecule has 12 atom stereocenters. The summed E-state index contributed by atoms with van der Waals surface area (Å²) in [4.78, 5) is 0. The first-order chi connectivity index (χ1) is 15.8.